The monoisotopic (exact) mass is 209 g/mol. The fourth-order valence-electron chi connectivity index (χ4n) is 1.76. The summed E-state index contributed by atoms with van der Waals surface area (Å²) in [6.07, 6.45) is 0.945. The summed E-state index contributed by atoms with van der Waals surface area (Å²) in [6.45, 7) is 5.45. The van der Waals surface area contributed by atoms with Crippen molar-refractivity contribution in [2.45, 2.75) is 20.3 Å². The minimum atomic E-state index is -0.138. The minimum Gasteiger partial charge on any atom is -0.319 e. The smallest absolute Gasteiger partial charge is 0.123 e. The van der Waals surface area contributed by atoms with Crippen LogP contribution in [0.3, 0.4) is 0 Å². The largest absolute Gasteiger partial charge is 0.319 e. The van der Waals surface area contributed by atoms with Crippen LogP contribution in [-0.2, 0) is 6.42 Å². The van der Waals surface area contributed by atoms with Crippen molar-refractivity contribution in [3.8, 4) is 0 Å². The SMILES string of the molecule is CNCC(C)C(C)Cc1cccc(F)c1. The second-order valence-corrected chi connectivity index (χ2v) is 4.35. The van der Waals surface area contributed by atoms with E-state index < -0.39 is 0 Å². The van der Waals surface area contributed by atoms with E-state index in [0.717, 1.165) is 18.5 Å². The highest BCUT2D eigenvalue weighted by Gasteiger charge is 2.12. The molecule has 0 saturated heterocycles. The summed E-state index contributed by atoms with van der Waals surface area (Å²) in [6, 6.07) is 6.89. The highest BCUT2D eigenvalue weighted by molar-refractivity contribution is 5.16. The van der Waals surface area contributed by atoms with Gasteiger partial charge in [-0.15, -0.1) is 0 Å². The van der Waals surface area contributed by atoms with Crippen LogP contribution in [0.25, 0.3) is 0 Å². The second-order valence-electron chi connectivity index (χ2n) is 4.35. The summed E-state index contributed by atoms with van der Waals surface area (Å²) in [7, 11) is 1.96. The van der Waals surface area contributed by atoms with E-state index in [1.807, 2.05) is 13.1 Å². The maximum Gasteiger partial charge on any atom is 0.123 e. The Kier molecular flexibility index (Phi) is 4.76. The summed E-state index contributed by atoms with van der Waals surface area (Å²) < 4.78 is 13.0. The van der Waals surface area contributed by atoms with E-state index in [4.69, 9.17) is 0 Å². The summed E-state index contributed by atoms with van der Waals surface area (Å²) in [5.74, 6) is 1.04. The predicted octanol–water partition coefficient (Wildman–Crippen LogP) is 2.86. The summed E-state index contributed by atoms with van der Waals surface area (Å²) in [4.78, 5) is 0. The lowest BCUT2D eigenvalue weighted by Crippen LogP contribution is -2.23. The van der Waals surface area contributed by atoms with Crippen LogP contribution in [0.15, 0.2) is 24.3 Å². The van der Waals surface area contributed by atoms with Crippen LogP contribution in [0.2, 0.25) is 0 Å². The molecule has 1 aromatic rings. The minimum absolute atomic E-state index is 0.138. The Morgan fingerprint density at radius 2 is 2.00 bits per heavy atom. The molecule has 0 aromatic heterocycles. The number of hydrogen-bond donors (Lipinski definition) is 1. The van der Waals surface area contributed by atoms with Gasteiger partial charge >= 0.3 is 0 Å². The van der Waals surface area contributed by atoms with Gasteiger partial charge in [-0.3, -0.25) is 0 Å². The van der Waals surface area contributed by atoms with Crippen LogP contribution in [0.4, 0.5) is 4.39 Å². The maximum atomic E-state index is 13.0. The molecule has 1 nitrogen and oxygen atoms in total. The van der Waals surface area contributed by atoms with Crippen LogP contribution < -0.4 is 5.32 Å². The first-order valence-electron chi connectivity index (χ1n) is 5.52. The number of rotatable bonds is 5. The topological polar surface area (TPSA) is 12.0 Å². The van der Waals surface area contributed by atoms with Crippen molar-refractivity contribution in [3.05, 3.63) is 35.6 Å². The van der Waals surface area contributed by atoms with Crippen molar-refractivity contribution in [3.63, 3.8) is 0 Å². The predicted molar refractivity (Wildman–Crippen MR) is 62.4 cm³/mol. The van der Waals surface area contributed by atoms with E-state index in [1.54, 1.807) is 12.1 Å². The number of benzene rings is 1. The molecule has 0 aliphatic rings. The van der Waals surface area contributed by atoms with Crippen LogP contribution in [-0.4, -0.2) is 13.6 Å². The lowest BCUT2D eigenvalue weighted by Gasteiger charge is -2.19. The third kappa shape index (κ3) is 4.00. The summed E-state index contributed by atoms with van der Waals surface area (Å²) >= 11 is 0. The fourth-order valence-corrected chi connectivity index (χ4v) is 1.76. The van der Waals surface area contributed by atoms with Crippen molar-refractivity contribution < 1.29 is 4.39 Å². The molecule has 0 bridgehead atoms. The number of halogens is 1. The van der Waals surface area contributed by atoms with Gasteiger partial charge in [-0.05, 0) is 49.5 Å². The van der Waals surface area contributed by atoms with E-state index in [2.05, 4.69) is 19.2 Å². The lowest BCUT2D eigenvalue weighted by molar-refractivity contribution is 0.374. The first-order chi connectivity index (χ1) is 7.13. The van der Waals surface area contributed by atoms with E-state index in [9.17, 15) is 4.39 Å². The van der Waals surface area contributed by atoms with Gasteiger partial charge in [0.05, 0.1) is 0 Å². The summed E-state index contributed by atoms with van der Waals surface area (Å²) in [5.41, 5.74) is 1.09. The molecule has 1 rings (SSSR count). The van der Waals surface area contributed by atoms with E-state index in [1.165, 1.54) is 6.07 Å². The zero-order chi connectivity index (χ0) is 11.3. The molecule has 0 heterocycles. The van der Waals surface area contributed by atoms with Gasteiger partial charge in [-0.2, -0.15) is 0 Å². The molecule has 15 heavy (non-hydrogen) atoms. The lowest BCUT2D eigenvalue weighted by atomic mass is 9.89. The van der Waals surface area contributed by atoms with E-state index in [-0.39, 0.29) is 5.82 Å². The van der Waals surface area contributed by atoms with Gasteiger partial charge in [0.2, 0.25) is 0 Å². The van der Waals surface area contributed by atoms with Crippen molar-refractivity contribution >= 4 is 0 Å². The maximum absolute atomic E-state index is 13.0. The average Bonchev–Trinajstić information content (AvgIpc) is 2.18. The second kappa shape index (κ2) is 5.86. The third-order valence-electron chi connectivity index (χ3n) is 2.94. The molecule has 0 aliphatic heterocycles. The molecule has 2 unspecified atom stereocenters. The van der Waals surface area contributed by atoms with Gasteiger partial charge in [0.1, 0.15) is 5.82 Å². The van der Waals surface area contributed by atoms with Crippen LogP contribution in [0.1, 0.15) is 19.4 Å². The summed E-state index contributed by atoms with van der Waals surface area (Å²) in [5, 5.41) is 3.17. The van der Waals surface area contributed by atoms with Gasteiger partial charge in [0.25, 0.3) is 0 Å². The Balaban J connectivity index is 2.54. The average molecular weight is 209 g/mol. The molecular weight excluding hydrogens is 189 g/mol. The molecule has 1 N–H and O–H groups in total. The van der Waals surface area contributed by atoms with Crippen LogP contribution >= 0.6 is 0 Å². The fraction of sp³-hybridized carbons (Fsp3) is 0.538. The normalized spacial score (nSPS) is 14.9. The van der Waals surface area contributed by atoms with Gasteiger partial charge in [0.15, 0.2) is 0 Å². The van der Waals surface area contributed by atoms with Gasteiger partial charge in [-0.25, -0.2) is 4.39 Å². The van der Waals surface area contributed by atoms with Crippen molar-refractivity contribution in [1.82, 2.24) is 5.32 Å². The quantitative estimate of drug-likeness (QED) is 0.786. The Hall–Kier alpha value is -0.890. The molecule has 2 atom stereocenters. The first kappa shape index (κ1) is 12.2. The van der Waals surface area contributed by atoms with Gasteiger partial charge in [0, 0.05) is 0 Å². The molecule has 0 saturated carbocycles. The highest BCUT2D eigenvalue weighted by Crippen LogP contribution is 2.17. The molecular formula is C13H20FN. The Morgan fingerprint density at radius 1 is 1.27 bits per heavy atom. The molecule has 1 aromatic carbocycles. The van der Waals surface area contributed by atoms with E-state index in [0.29, 0.717) is 11.8 Å². The van der Waals surface area contributed by atoms with E-state index >= 15 is 0 Å². The van der Waals surface area contributed by atoms with Crippen molar-refractivity contribution in [2.75, 3.05) is 13.6 Å². The zero-order valence-corrected chi connectivity index (χ0v) is 9.76. The third-order valence-corrected chi connectivity index (χ3v) is 2.94. The molecule has 2 heteroatoms. The molecule has 0 fully saturated rings. The van der Waals surface area contributed by atoms with Gasteiger partial charge in [-0.1, -0.05) is 26.0 Å². The van der Waals surface area contributed by atoms with Crippen molar-refractivity contribution in [2.24, 2.45) is 11.8 Å². The number of nitrogens with one attached hydrogen (secondary N) is 1. The van der Waals surface area contributed by atoms with Crippen molar-refractivity contribution in [1.29, 1.82) is 0 Å². The number of hydrogen-bond acceptors (Lipinski definition) is 1. The molecule has 0 spiro atoms. The molecule has 84 valence electrons. The van der Waals surface area contributed by atoms with Crippen LogP contribution in [0, 0.1) is 17.7 Å². The Labute approximate surface area is 91.7 Å². The molecule has 0 radical (unpaired) electrons. The Bertz CT molecular complexity index is 298. The molecule has 0 aliphatic carbocycles. The standard InChI is InChI=1S/C13H20FN/c1-10(11(2)9-15-3)7-12-5-4-6-13(14)8-12/h4-6,8,10-11,15H,7,9H2,1-3H3. The first-order valence-corrected chi connectivity index (χ1v) is 5.52. The highest BCUT2D eigenvalue weighted by atomic mass is 19.1. The zero-order valence-electron chi connectivity index (χ0n) is 9.76. The van der Waals surface area contributed by atoms with Gasteiger partial charge < -0.3 is 5.32 Å². The molecule has 0 amide bonds. The van der Waals surface area contributed by atoms with Crippen LogP contribution in [0.5, 0.6) is 0 Å². The Morgan fingerprint density at radius 3 is 2.60 bits per heavy atom.